The van der Waals surface area contributed by atoms with Crippen molar-refractivity contribution in [3.05, 3.63) is 55.4 Å². The number of aromatic nitrogens is 4. The molecule has 0 radical (unpaired) electrons. The number of pyridine rings is 1. The van der Waals surface area contributed by atoms with Gasteiger partial charge in [0.05, 0.1) is 18.0 Å². The zero-order valence-electron chi connectivity index (χ0n) is 15.3. The Morgan fingerprint density at radius 3 is 2.74 bits per heavy atom. The molecule has 1 aromatic carbocycles. The van der Waals surface area contributed by atoms with E-state index in [1.807, 2.05) is 39.0 Å². The van der Waals surface area contributed by atoms with Crippen molar-refractivity contribution < 1.29 is 4.74 Å². The van der Waals surface area contributed by atoms with Crippen LogP contribution in [0, 0.1) is 20.8 Å². The number of thiophene rings is 1. The summed E-state index contributed by atoms with van der Waals surface area (Å²) in [5.74, 6) is 0. The number of hydrogen-bond acceptors (Lipinski definition) is 6. The van der Waals surface area contributed by atoms with Crippen LogP contribution in [0.3, 0.4) is 0 Å². The van der Waals surface area contributed by atoms with E-state index in [2.05, 4.69) is 31.2 Å². The second-order valence-corrected chi connectivity index (χ2v) is 8.27. The molecular weight excluding hydrogens is 428 g/mol. The Hall–Kier alpha value is -2.16. The zero-order chi connectivity index (χ0) is 19.3. The van der Waals surface area contributed by atoms with Gasteiger partial charge in [-0.05, 0) is 48.3 Å². The lowest BCUT2D eigenvalue weighted by molar-refractivity contribution is 0.185. The molecule has 3 heterocycles. The third-order valence-corrected chi connectivity index (χ3v) is 6.62. The number of fused-ring (bicyclic) bond motifs is 3. The van der Waals surface area contributed by atoms with E-state index in [0.29, 0.717) is 16.8 Å². The average molecular weight is 445 g/mol. The summed E-state index contributed by atoms with van der Waals surface area (Å²) in [6.07, 6.45) is 0. The molecule has 0 N–H and O–H groups in total. The third kappa shape index (κ3) is 2.88. The molecule has 0 amide bonds. The first kappa shape index (κ1) is 18.2. The number of ether oxygens (including phenoxy) is 1. The molecule has 6 nitrogen and oxygen atoms in total. The quantitative estimate of drug-likeness (QED) is 0.472. The van der Waals surface area contributed by atoms with E-state index in [1.54, 1.807) is 7.11 Å². The molecule has 4 rings (SSSR count). The van der Waals surface area contributed by atoms with Crippen LogP contribution < -0.4 is 5.56 Å². The van der Waals surface area contributed by atoms with Gasteiger partial charge in [-0.2, -0.15) is 4.68 Å². The van der Waals surface area contributed by atoms with Crippen LogP contribution >= 0.6 is 27.3 Å². The van der Waals surface area contributed by atoms with Gasteiger partial charge in [0, 0.05) is 22.5 Å². The van der Waals surface area contributed by atoms with Gasteiger partial charge in [-0.25, -0.2) is 4.98 Å². The summed E-state index contributed by atoms with van der Waals surface area (Å²) in [7, 11) is 1.64. The summed E-state index contributed by atoms with van der Waals surface area (Å²) in [4.78, 5) is 18.6. The van der Waals surface area contributed by atoms with Crippen LogP contribution in [0.25, 0.3) is 26.1 Å². The molecule has 4 aromatic rings. The second kappa shape index (κ2) is 6.78. The van der Waals surface area contributed by atoms with Gasteiger partial charge in [0.1, 0.15) is 15.0 Å². The summed E-state index contributed by atoms with van der Waals surface area (Å²) in [6, 6.07) is 5.89. The lowest BCUT2D eigenvalue weighted by Gasteiger charge is -2.09. The van der Waals surface area contributed by atoms with Crippen molar-refractivity contribution in [2.75, 3.05) is 7.11 Å². The summed E-state index contributed by atoms with van der Waals surface area (Å²) in [5.41, 5.74) is 5.01. The molecule has 27 heavy (non-hydrogen) atoms. The standard InChI is InChI=1S/C19H17BrN4O2S/c1-9-5-6-13(10(2)7-9)24-19(25)17-16(22-23-24)14-12(8-26-4)15(20)11(3)21-18(14)27-17/h5-7H,8H2,1-4H3. The van der Waals surface area contributed by atoms with Crippen LogP contribution in [0.2, 0.25) is 0 Å². The molecule has 0 unspecified atom stereocenters. The van der Waals surface area contributed by atoms with Crippen molar-refractivity contribution in [3.8, 4) is 5.69 Å². The Kier molecular flexibility index (Phi) is 4.57. The SMILES string of the molecule is COCc1c(Br)c(C)nc2sc3c(=O)n(-c4ccc(C)cc4C)nnc3c12. The number of aryl methyl sites for hydroxylation is 3. The minimum Gasteiger partial charge on any atom is -0.380 e. The van der Waals surface area contributed by atoms with E-state index in [0.717, 1.165) is 42.8 Å². The Morgan fingerprint density at radius 1 is 1.26 bits per heavy atom. The van der Waals surface area contributed by atoms with E-state index in [1.165, 1.54) is 16.0 Å². The molecule has 0 bridgehead atoms. The number of halogens is 1. The maximum atomic E-state index is 13.2. The van der Waals surface area contributed by atoms with Crippen LogP contribution in [-0.2, 0) is 11.3 Å². The fraction of sp³-hybridized carbons (Fsp3) is 0.263. The van der Waals surface area contributed by atoms with Gasteiger partial charge in [-0.3, -0.25) is 4.79 Å². The molecule has 0 saturated carbocycles. The predicted octanol–water partition coefficient (Wildman–Crippen LogP) is 4.22. The number of rotatable bonds is 3. The summed E-state index contributed by atoms with van der Waals surface area (Å²) < 4.78 is 8.14. The Balaban J connectivity index is 2.06. The number of benzene rings is 1. The first-order chi connectivity index (χ1) is 12.9. The molecule has 0 aliphatic rings. The Labute approximate surface area is 167 Å². The van der Waals surface area contributed by atoms with Crippen LogP contribution in [0.1, 0.15) is 22.4 Å². The van der Waals surface area contributed by atoms with Crippen molar-refractivity contribution in [1.29, 1.82) is 0 Å². The van der Waals surface area contributed by atoms with E-state index in [4.69, 9.17) is 4.74 Å². The molecule has 138 valence electrons. The van der Waals surface area contributed by atoms with Crippen LogP contribution in [-0.4, -0.2) is 27.1 Å². The first-order valence-corrected chi connectivity index (χ1v) is 9.97. The highest BCUT2D eigenvalue weighted by atomic mass is 79.9. The lowest BCUT2D eigenvalue weighted by atomic mass is 10.1. The predicted molar refractivity (Wildman–Crippen MR) is 111 cm³/mol. The second-order valence-electron chi connectivity index (χ2n) is 6.48. The molecule has 0 atom stereocenters. The van der Waals surface area contributed by atoms with Crippen molar-refractivity contribution in [1.82, 2.24) is 20.0 Å². The summed E-state index contributed by atoms with van der Waals surface area (Å²) >= 11 is 4.94. The van der Waals surface area contributed by atoms with E-state index >= 15 is 0 Å². The van der Waals surface area contributed by atoms with Crippen molar-refractivity contribution in [3.63, 3.8) is 0 Å². The summed E-state index contributed by atoms with van der Waals surface area (Å²) in [6.45, 7) is 6.30. The van der Waals surface area contributed by atoms with Gasteiger partial charge in [0.25, 0.3) is 5.56 Å². The Morgan fingerprint density at radius 2 is 2.04 bits per heavy atom. The highest BCUT2D eigenvalue weighted by Gasteiger charge is 2.20. The monoisotopic (exact) mass is 444 g/mol. The largest absolute Gasteiger partial charge is 0.380 e. The Bertz CT molecular complexity index is 1260. The van der Waals surface area contributed by atoms with E-state index in [-0.39, 0.29) is 5.56 Å². The van der Waals surface area contributed by atoms with Gasteiger partial charge in [0.15, 0.2) is 0 Å². The highest BCUT2D eigenvalue weighted by molar-refractivity contribution is 9.10. The molecule has 0 fully saturated rings. The van der Waals surface area contributed by atoms with Crippen molar-refractivity contribution in [2.24, 2.45) is 0 Å². The van der Waals surface area contributed by atoms with Gasteiger partial charge < -0.3 is 4.74 Å². The fourth-order valence-corrected chi connectivity index (χ4v) is 4.75. The van der Waals surface area contributed by atoms with Gasteiger partial charge in [-0.1, -0.05) is 22.9 Å². The molecule has 3 aromatic heterocycles. The topological polar surface area (TPSA) is 69.9 Å². The molecule has 0 aliphatic carbocycles. The van der Waals surface area contributed by atoms with Gasteiger partial charge in [0.2, 0.25) is 0 Å². The van der Waals surface area contributed by atoms with E-state index in [9.17, 15) is 4.79 Å². The van der Waals surface area contributed by atoms with Gasteiger partial charge in [-0.15, -0.1) is 16.4 Å². The normalized spacial score (nSPS) is 11.6. The molecule has 8 heteroatoms. The first-order valence-electron chi connectivity index (χ1n) is 8.36. The number of methoxy groups -OCH3 is 1. The number of hydrogen-bond donors (Lipinski definition) is 0. The minimum absolute atomic E-state index is 0.188. The minimum atomic E-state index is -0.188. The average Bonchev–Trinajstić information content (AvgIpc) is 2.99. The zero-order valence-corrected chi connectivity index (χ0v) is 17.7. The van der Waals surface area contributed by atoms with E-state index < -0.39 is 0 Å². The van der Waals surface area contributed by atoms with Crippen LogP contribution in [0.4, 0.5) is 0 Å². The fourth-order valence-electron chi connectivity index (χ4n) is 3.24. The molecule has 0 saturated heterocycles. The maximum Gasteiger partial charge on any atom is 0.292 e. The maximum absolute atomic E-state index is 13.2. The van der Waals surface area contributed by atoms with Crippen LogP contribution in [0.5, 0.6) is 0 Å². The number of nitrogens with zero attached hydrogens (tertiary/aromatic N) is 4. The molecular formula is C19H17BrN4O2S. The molecule has 0 aliphatic heterocycles. The molecule has 0 spiro atoms. The van der Waals surface area contributed by atoms with Crippen molar-refractivity contribution in [2.45, 2.75) is 27.4 Å². The third-order valence-electron chi connectivity index (χ3n) is 4.51. The highest BCUT2D eigenvalue weighted by Crippen LogP contribution is 2.36. The van der Waals surface area contributed by atoms with Crippen molar-refractivity contribution >= 4 is 47.7 Å². The smallest absolute Gasteiger partial charge is 0.292 e. The lowest BCUT2D eigenvalue weighted by Crippen LogP contribution is -2.22. The van der Waals surface area contributed by atoms with Crippen LogP contribution in [0.15, 0.2) is 27.5 Å². The van der Waals surface area contributed by atoms with Gasteiger partial charge >= 0.3 is 0 Å². The summed E-state index contributed by atoms with van der Waals surface area (Å²) in [5, 5.41) is 9.44.